The smallest absolute Gasteiger partial charge is 0.407 e. The van der Waals surface area contributed by atoms with Gasteiger partial charge in [-0.3, -0.25) is 4.79 Å². The summed E-state index contributed by atoms with van der Waals surface area (Å²) >= 11 is 5.92. The Balaban J connectivity index is 2.70. The van der Waals surface area contributed by atoms with Crippen molar-refractivity contribution < 1.29 is 14.3 Å². The highest BCUT2D eigenvalue weighted by molar-refractivity contribution is 6.30. The minimum absolute atomic E-state index is 0.243. The molecular formula is C13H17ClN2O3. The molecule has 0 bridgehead atoms. The second kappa shape index (κ2) is 7.63. The van der Waals surface area contributed by atoms with Crippen molar-refractivity contribution in [3.8, 4) is 0 Å². The van der Waals surface area contributed by atoms with Gasteiger partial charge in [-0.25, -0.2) is 4.79 Å². The zero-order valence-corrected chi connectivity index (χ0v) is 11.5. The number of hydrogen-bond acceptors (Lipinski definition) is 3. The molecule has 0 saturated carbocycles. The summed E-state index contributed by atoms with van der Waals surface area (Å²) in [6, 6.07) is 5.31. The first-order chi connectivity index (χ1) is 9.02. The summed E-state index contributed by atoms with van der Waals surface area (Å²) in [6.07, 6.45) is 0.265. The summed E-state index contributed by atoms with van der Waals surface area (Å²) in [4.78, 5) is 22.0. The summed E-state index contributed by atoms with van der Waals surface area (Å²) < 4.78 is 4.78. The van der Waals surface area contributed by atoms with Crippen LogP contribution in [0.5, 0.6) is 0 Å². The molecule has 1 aromatic rings. The third kappa shape index (κ3) is 5.61. The van der Waals surface area contributed by atoms with Crippen LogP contribution in [0.1, 0.15) is 24.5 Å². The average molecular weight is 285 g/mol. The summed E-state index contributed by atoms with van der Waals surface area (Å²) in [5.41, 5.74) is 6.91. The normalized spacial score (nSPS) is 10.0. The standard InChI is InChI=1S/C13H17ClN2O3/c1-2-19-13(18)16-8-10-3-5-11(14)7-9(10)4-6-12(15)17/h3,5,7H,2,4,6,8H2,1H3,(H2,15,17)(H,16,18). The minimum atomic E-state index is -0.474. The molecule has 19 heavy (non-hydrogen) atoms. The van der Waals surface area contributed by atoms with Gasteiger partial charge in [-0.15, -0.1) is 0 Å². The molecule has 5 nitrogen and oxygen atoms in total. The highest BCUT2D eigenvalue weighted by atomic mass is 35.5. The third-order valence-electron chi connectivity index (χ3n) is 2.51. The number of alkyl carbamates (subject to hydrolysis) is 1. The first-order valence-electron chi connectivity index (χ1n) is 5.99. The second-order valence-corrected chi connectivity index (χ2v) is 4.39. The fourth-order valence-corrected chi connectivity index (χ4v) is 1.80. The number of carbonyl (C=O) groups excluding carboxylic acids is 2. The van der Waals surface area contributed by atoms with Gasteiger partial charge in [-0.05, 0) is 36.6 Å². The van der Waals surface area contributed by atoms with E-state index in [0.717, 1.165) is 11.1 Å². The lowest BCUT2D eigenvalue weighted by Crippen LogP contribution is -2.24. The van der Waals surface area contributed by atoms with Gasteiger partial charge in [-0.2, -0.15) is 0 Å². The summed E-state index contributed by atoms with van der Waals surface area (Å²) in [5, 5.41) is 3.21. The molecule has 1 rings (SSSR count). The van der Waals surface area contributed by atoms with E-state index in [2.05, 4.69) is 5.32 Å². The highest BCUT2D eigenvalue weighted by Crippen LogP contribution is 2.17. The van der Waals surface area contributed by atoms with Gasteiger partial charge in [0.1, 0.15) is 0 Å². The number of halogens is 1. The van der Waals surface area contributed by atoms with E-state index in [9.17, 15) is 9.59 Å². The van der Waals surface area contributed by atoms with Crippen molar-refractivity contribution in [2.75, 3.05) is 6.61 Å². The molecule has 3 N–H and O–H groups in total. The van der Waals surface area contributed by atoms with Crippen molar-refractivity contribution in [1.29, 1.82) is 0 Å². The Morgan fingerprint density at radius 3 is 2.74 bits per heavy atom. The lowest BCUT2D eigenvalue weighted by atomic mass is 10.0. The molecule has 0 aliphatic carbocycles. The van der Waals surface area contributed by atoms with Crippen molar-refractivity contribution in [2.24, 2.45) is 5.73 Å². The Hall–Kier alpha value is -1.75. The molecule has 0 saturated heterocycles. The topological polar surface area (TPSA) is 81.4 Å². The van der Waals surface area contributed by atoms with E-state index >= 15 is 0 Å². The molecule has 2 amide bonds. The van der Waals surface area contributed by atoms with Gasteiger partial charge in [0.15, 0.2) is 0 Å². The maximum atomic E-state index is 11.2. The number of amides is 2. The highest BCUT2D eigenvalue weighted by Gasteiger charge is 2.07. The molecule has 0 aromatic heterocycles. The van der Waals surface area contributed by atoms with Gasteiger partial charge in [0, 0.05) is 18.0 Å². The number of nitrogens with one attached hydrogen (secondary N) is 1. The molecule has 0 aliphatic heterocycles. The quantitative estimate of drug-likeness (QED) is 0.838. The molecule has 0 aliphatic rings. The molecule has 6 heteroatoms. The molecule has 1 aromatic carbocycles. The molecular weight excluding hydrogens is 268 g/mol. The monoisotopic (exact) mass is 284 g/mol. The van der Waals surface area contributed by atoms with E-state index in [0.29, 0.717) is 24.6 Å². The Morgan fingerprint density at radius 1 is 1.37 bits per heavy atom. The van der Waals surface area contributed by atoms with Gasteiger partial charge in [0.05, 0.1) is 6.61 Å². The summed E-state index contributed by atoms with van der Waals surface area (Å²) in [5.74, 6) is -0.371. The SMILES string of the molecule is CCOC(=O)NCc1ccc(Cl)cc1CCC(N)=O. The molecule has 0 unspecified atom stereocenters. The van der Waals surface area contributed by atoms with Gasteiger partial charge in [0.25, 0.3) is 0 Å². The maximum Gasteiger partial charge on any atom is 0.407 e. The van der Waals surface area contributed by atoms with Crippen LogP contribution in [0, 0.1) is 0 Å². The van der Waals surface area contributed by atoms with Gasteiger partial charge in [-0.1, -0.05) is 17.7 Å². The van der Waals surface area contributed by atoms with Crippen molar-refractivity contribution in [1.82, 2.24) is 5.32 Å². The van der Waals surface area contributed by atoms with Gasteiger partial charge >= 0.3 is 6.09 Å². The molecule has 0 radical (unpaired) electrons. The molecule has 0 heterocycles. The Morgan fingerprint density at radius 2 is 2.11 bits per heavy atom. The van der Waals surface area contributed by atoms with Crippen LogP contribution < -0.4 is 11.1 Å². The summed E-state index contributed by atoms with van der Waals surface area (Å²) in [7, 11) is 0. The van der Waals surface area contributed by atoms with Crippen molar-refractivity contribution in [2.45, 2.75) is 26.3 Å². The zero-order chi connectivity index (χ0) is 14.3. The molecule has 0 atom stereocenters. The number of rotatable bonds is 6. The van der Waals surface area contributed by atoms with Gasteiger partial charge < -0.3 is 15.8 Å². The van der Waals surface area contributed by atoms with Crippen LogP contribution >= 0.6 is 11.6 Å². The Bertz CT molecular complexity index is 463. The second-order valence-electron chi connectivity index (χ2n) is 3.95. The maximum absolute atomic E-state index is 11.2. The molecule has 0 spiro atoms. The van der Waals surface area contributed by atoms with Crippen LogP contribution in [0.2, 0.25) is 5.02 Å². The van der Waals surface area contributed by atoms with E-state index in [1.165, 1.54) is 0 Å². The lowest BCUT2D eigenvalue weighted by Gasteiger charge is -2.10. The fourth-order valence-electron chi connectivity index (χ4n) is 1.61. The van der Waals surface area contributed by atoms with Crippen LogP contribution in [0.3, 0.4) is 0 Å². The van der Waals surface area contributed by atoms with E-state index in [4.69, 9.17) is 22.1 Å². The van der Waals surface area contributed by atoms with E-state index in [1.54, 1.807) is 19.1 Å². The first kappa shape index (κ1) is 15.3. The third-order valence-corrected chi connectivity index (χ3v) is 2.74. The zero-order valence-electron chi connectivity index (χ0n) is 10.7. The van der Waals surface area contributed by atoms with Crippen LogP contribution in [0.15, 0.2) is 18.2 Å². The van der Waals surface area contributed by atoms with Crippen molar-refractivity contribution >= 4 is 23.6 Å². The first-order valence-corrected chi connectivity index (χ1v) is 6.37. The number of benzene rings is 1. The van der Waals surface area contributed by atoms with Gasteiger partial charge in [0.2, 0.25) is 5.91 Å². The van der Waals surface area contributed by atoms with E-state index < -0.39 is 6.09 Å². The lowest BCUT2D eigenvalue weighted by molar-refractivity contribution is -0.117. The molecule has 104 valence electrons. The molecule has 0 fully saturated rings. The Labute approximate surface area is 117 Å². The predicted octanol–water partition coefficient (Wildman–Crippen LogP) is 2.00. The van der Waals surface area contributed by atoms with Crippen molar-refractivity contribution in [3.63, 3.8) is 0 Å². The van der Waals surface area contributed by atoms with Crippen molar-refractivity contribution in [3.05, 3.63) is 34.3 Å². The number of primary amides is 1. The van der Waals surface area contributed by atoms with Crippen LogP contribution in [-0.2, 0) is 22.5 Å². The number of aryl methyl sites for hydroxylation is 1. The number of carbonyl (C=O) groups is 2. The number of nitrogens with two attached hydrogens (primary N) is 1. The number of hydrogen-bond donors (Lipinski definition) is 2. The fraction of sp³-hybridized carbons (Fsp3) is 0.385. The van der Waals surface area contributed by atoms with E-state index in [-0.39, 0.29) is 12.3 Å². The van der Waals surface area contributed by atoms with Crippen LogP contribution in [0.4, 0.5) is 4.79 Å². The van der Waals surface area contributed by atoms with Crippen LogP contribution in [0.25, 0.3) is 0 Å². The van der Waals surface area contributed by atoms with Crippen LogP contribution in [-0.4, -0.2) is 18.6 Å². The average Bonchev–Trinajstić information content (AvgIpc) is 2.35. The predicted molar refractivity (Wildman–Crippen MR) is 72.8 cm³/mol. The summed E-state index contributed by atoms with van der Waals surface area (Å²) in [6.45, 7) is 2.38. The van der Waals surface area contributed by atoms with E-state index in [1.807, 2.05) is 6.07 Å². The largest absolute Gasteiger partial charge is 0.450 e. The Kier molecular flexibility index (Phi) is 6.15. The number of ether oxygens (including phenoxy) is 1. The minimum Gasteiger partial charge on any atom is -0.450 e.